The van der Waals surface area contributed by atoms with Crippen LogP contribution in [0.3, 0.4) is 0 Å². The molecule has 1 saturated heterocycles. The number of hydrogen-bond acceptors (Lipinski definition) is 5. The van der Waals surface area contributed by atoms with Crippen molar-refractivity contribution < 1.29 is 18.5 Å². The monoisotopic (exact) mass is 523 g/mol. The van der Waals surface area contributed by atoms with Gasteiger partial charge in [0, 0.05) is 11.1 Å². The number of nitrogens with zero attached hydrogens (tertiary/aromatic N) is 4. The first-order valence-electron chi connectivity index (χ1n) is 12.6. The number of carbonyl (C=O) groups excluding carboxylic acids is 2. The van der Waals surface area contributed by atoms with Crippen molar-refractivity contribution in [2.24, 2.45) is 5.41 Å². The highest BCUT2D eigenvalue weighted by Gasteiger charge is 2.55. The smallest absolute Gasteiger partial charge is 0.256 e. The Morgan fingerprint density at radius 2 is 1.74 bits per heavy atom. The van der Waals surface area contributed by atoms with Gasteiger partial charge in [0.2, 0.25) is 5.91 Å². The normalized spacial score (nSPS) is 18.6. The maximum Gasteiger partial charge on any atom is 0.256 e. The molecule has 0 radical (unpaired) electrons. The van der Waals surface area contributed by atoms with Gasteiger partial charge in [-0.15, -0.1) is 0 Å². The first-order chi connectivity index (χ1) is 18.8. The molecule has 1 aliphatic rings. The molecule has 9 heteroatoms. The Hall–Kier alpha value is -4.79. The molecule has 2 amide bonds. The van der Waals surface area contributed by atoms with Crippen molar-refractivity contribution in [2.45, 2.75) is 32.9 Å². The number of amides is 2. The number of nitrogens with one attached hydrogen (secondary N) is 1. The van der Waals surface area contributed by atoms with E-state index in [-0.39, 0.29) is 17.6 Å². The SMILES string of the molecule is Cc1nocc1C(=O)N[C@@H]1[C@@H](c2ccccc2)N(c2ccc3c(cnn3-c3ccc(F)cc3)c2)C(=O)C1(C)C. The minimum Gasteiger partial charge on any atom is -0.364 e. The van der Waals surface area contributed by atoms with Crippen LogP contribution in [0.4, 0.5) is 10.1 Å². The highest BCUT2D eigenvalue weighted by molar-refractivity contribution is 6.04. The average molecular weight is 524 g/mol. The third kappa shape index (κ3) is 4.06. The number of rotatable bonds is 5. The van der Waals surface area contributed by atoms with Gasteiger partial charge in [-0.05, 0) is 68.8 Å². The maximum absolute atomic E-state index is 14.0. The molecule has 5 aromatic rings. The quantitative estimate of drug-likeness (QED) is 0.334. The van der Waals surface area contributed by atoms with E-state index in [1.165, 1.54) is 18.4 Å². The molecule has 6 rings (SSSR count). The van der Waals surface area contributed by atoms with E-state index in [0.717, 1.165) is 22.2 Å². The van der Waals surface area contributed by atoms with Crippen LogP contribution in [0.5, 0.6) is 0 Å². The van der Waals surface area contributed by atoms with E-state index in [1.807, 2.05) is 62.4 Å². The lowest BCUT2D eigenvalue weighted by Gasteiger charge is -2.30. The van der Waals surface area contributed by atoms with Crippen LogP contribution in [0.2, 0.25) is 0 Å². The van der Waals surface area contributed by atoms with Gasteiger partial charge in [-0.3, -0.25) is 9.59 Å². The lowest BCUT2D eigenvalue weighted by Crippen LogP contribution is -2.46. The van der Waals surface area contributed by atoms with Crippen LogP contribution >= 0.6 is 0 Å². The molecule has 8 nitrogen and oxygen atoms in total. The van der Waals surface area contributed by atoms with E-state index in [9.17, 15) is 14.0 Å². The Morgan fingerprint density at radius 1 is 1.03 bits per heavy atom. The fourth-order valence-corrected chi connectivity index (χ4v) is 5.33. The van der Waals surface area contributed by atoms with Crippen molar-refractivity contribution in [3.8, 4) is 5.69 Å². The van der Waals surface area contributed by atoms with Crippen molar-refractivity contribution >= 4 is 28.4 Å². The molecule has 0 saturated carbocycles. The lowest BCUT2D eigenvalue weighted by atomic mass is 9.82. The summed E-state index contributed by atoms with van der Waals surface area (Å²) >= 11 is 0. The summed E-state index contributed by atoms with van der Waals surface area (Å²) in [6, 6.07) is 20.5. The second-order valence-corrected chi connectivity index (χ2v) is 10.3. The zero-order valence-corrected chi connectivity index (χ0v) is 21.6. The Bertz CT molecular complexity index is 1690. The summed E-state index contributed by atoms with van der Waals surface area (Å²) in [6.07, 6.45) is 3.04. The van der Waals surface area contributed by atoms with Crippen molar-refractivity contribution in [3.05, 3.63) is 108 Å². The number of aromatic nitrogens is 3. The van der Waals surface area contributed by atoms with Gasteiger partial charge in [0.05, 0.1) is 40.6 Å². The molecule has 3 aromatic carbocycles. The molecule has 0 spiro atoms. The lowest BCUT2D eigenvalue weighted by molar-refractivity contribution is -0.124. The van der Waals surface area contributed by atoms with Crippen LogP contribution in [-0.4, -0.2) is 32.8 Å². The largest absolute Gasteiger partial charge is 0.364 e. The molecule has 196 valence electrons. The molecule has 2 atom stereocenters. The van der Waals surface area contributed by atoms with Crippen molar-refractivity contribution in [1.29, 1.82) is 0 Å². The number of aryl methyl sites for hydroxylation is 1. The summed E-state index contributed by atoms with van der Waals surface area (Å²) in [5.74, 6) is -0.784. The molecule has 0 aliphatic carbocycles. The van der Waals surface area contributed by atoms with Gasteiger partial charge < -0.3 is 14.7 Å². The van der Waals surface area contributed by atoms with Crippen LogP contribution in [0.15, 0.2) is 89.8 Å². The topological polar surface area (TPSA) is 93.3 Å². The van der Waals surface area contributed by atoms with Crippen molar-refractivity contribution in [1.82, 2.24) is 20.3 Å². The van der Waals surface area contributed by atoms with Gasteiger partial charge in [-0.25, -0.2) is 9.07 Å². The second-order valence-electron chi connectivity index (χ2n) is 10.3. The van der Waals surface area contributed by atoms with Crippen LogP contribution in [0.1, 0.15) is 41.5 Å². The Labute approximate surface area is 224 Å². The van der Waals surface area contributed by atoms with E-state index < -0.39 is 17.5 Å². The number of benzene rings is 3. The van der Waals surface area contributed by atoms with E-state index in [1.54, 1.807) is 34.8 Å². The molecule has 39 heavy (non-hydrogen) atoms. The minimum absolute atomic E-state index is 0.117. The second kappa shape index (κ2) is 9.20. The molecule has 0 unspecified atom stereocenters. The van der Waals surface area contributed by atoms with Gasteiger partial charge in [0.15, 0.2) is 0 Å². The van der Waals surface area contributed by atoms with Gasteiger partial charge in [0.25, 0.3) is 5.91 Å². The third-order valence-corrected chi connectivity index (χ3v) is 7.46. The van der Waals surface area contributed by atoms with E-state index in [0.29, 0.717) is 16.9 Å². The van der Waals surface area contributed by atoms with Gasteiger partial charge in [0.1, 0.15) is 17.6 Å². The molecule has 3 heterocycles. The average Bonchev–Trinajstić information content (AvgIpc) is 3.61. The molecule has 1 aliphatic heterocycles. The van der Waals surface area contributed by atoms with Crippen LogP contribution in [0, 0.1) is 18.2 Å². The zero-order chi connectivity index (χ0) is 27.3. The molecular weight excluding hydrogens is 497 g/mol. The Morgan fingerprint density at radius 3 is 2.44 bits per heavy atom. The Balaban J connectivity index is 1.43. The summed E-state index contributed by atoms with van der Waals surface area (Å²) in [7, 11) is 0. The number of fused-ring (bicyclic) bond motifs is 1. The number of halogens is 1. The van der Waals surface area contributed by atoms with E-state index in [2.05, 4.69) is 15.6 Å². The highest BCUT2D eigenvalue weighted by Crippen LogP contribution is 2.47. The van der Waals surface area contributed by atoms with Gasteiger partial charge in [-0.2, -0.15) is 5.10 Å². The molecule has 1 N–H and O–H groups in total. The van der Waals surface area contributed by atoms with E-state index >= 15 is 0 Å². The van der Waals surface area contributed by atoms with Crippen molar-refractivity contribution in [2.75, 3.05) is 4.90 Å². The summed E-state index contributed by atoms with van der Waals surface area (Å²) < 4.78 is 20.2. The summed E-state index contributed by atoms with van der Waals surface area (Å²) in [4.78, 5) is 29.1. The molecule has 1 fully saturated rings. The van der Waals surface area contributed by atoms with E-state index in [4.69, 9.17) is 4.52 Å². The van der Waals surface area contributed by atoms with Crippen molar-refractivity contribution in [3.63, 3.8) is 0 Å². The standard InChI is InChI=1S/C30H26FN5O3/c1-18-24(17-39-34-18)28(37)33-27-26(19-7-5-4-6-8-19)35(29(38)30(27,2)3)23-13-14-25-20(15-23)16-32-36(25)22-11-9-21(31)10-12-22/h4-17,26-27H,1-3H3,(H,33,37)/t26-,27-/m1/s1. The minimum atomic E-state index is -0.922. The maximum atomic E-state index is 14.0. The summed E-state index contributed by atoms with van der Waals surface area (Å²) in [5.41, 5.74) is 3.02. The molecule has 0 bridgehead atoms. The van der Waals surface area contributed by atoms with Gasteiger partial charge in [-0.1, -0.05) is 35.5 Å². The number of hydrogen-bond donors (Lipinski definition) is 1. The first kappa shape index (κ1) is 24.5. The molecular formula is C30H26FN5O3. The molecule has 2 aromatic heterocycles. The number of anilines is 1. The Kier molecular flexibility index (Phi) is 5.79. The predicted molar refractivity (Wildman–Crippen MR) is 144 cm³/mol. The fourth-order valence-electron chi connectivity index (χ4n) is 5.33. The third-order valence-electron chi connectivity index (χ3n) is 7.46. The van der Waals surface area contributed by atoms with Crippen LogP contribution < -0.4 is 10.2 Å². The van der Waals surface area contributed by atoms with Crippen LogP contribution in [-0.2, 0) is 4.79 Å². The first-order valence-corrected chi connectivity index (χ1v) is 12.6. The highest BCUT2D eigenvalue weighted by atomic mass is 19.1. The number of carbonyl (C=O) groups is 2. The predicted octanol–water partition coefficient (Wildman–Crippen LogP) is 5.37. The zero-order valence-electron chi connectivity index (χ0n) is 21.6. The van der Waals surface area contributed by atoms with Crippen LogP contribution in [0.25, 0.3) is 16.6 Å². The fraction of sp³-hybridized carbons (Fsp3) is 0.200. The van der Waals surface area contributed by atoms with Gasteiger partial charge >= 0.3 is 0 Å². The summed E-state index contributed by atoms with van der Waals surface area (Å²) in [5, 5.41) is 12.2. The summed E-state index contributed by atoms with van der Waals surface area (Å²) in [6.45, 7) is 5.40.